The number of rotatable bonds is 6. The van der Waals surface area contributed by atoms with Crippen LogP contribution in [0, 0.1) is 0 Å². The number of aromatic nitrogens is 3. The van der Waals surface area contributed by atoms with E-state index in [4.69, 9.17) is 4.74 Å². The van der Waals surface area contributed by atoms with Crippen molar-refractivity contribution in [1.82, 2.24) is 19.9 Å². The molecule has 4 aromatic rings. The topological polar surface area (TPSA) is 74.3 Å². The molecule has 1 aliphatic rings. The van der Waals surface area contributed by atoms with Crippen molar-refractivity contribution in [2.75, 3.05) is 25.0 Å². The fourth-order valence-electron chi connectivity index (χ4n) is 4.74. The molecular formula is C28H31N5O2. The van der Waals surface area contributed by atoms with Crippen molar-refractivity contribution in [3.63, 3.8) is 0 Å². The van der Waals surface area contributed by atoms with Gasteiger partial charge >= 0.3 is 6.01 Å². The third-order valence-electron chi connectivity index (χ3n) is 6.62. The molecule has 2 aromatic heterocycles. The molecule has 35 heavy (non-hydrogen) atoms. The van der Waals surface area contributed by atoms with Gasteiger partial charge in [0.2, 0.25) is 0 Å². The summed E-state index contributed by atoms with van der Waals surface area (Å²) in [7, 11) is 2.19. The summed E-state index contributed by atoms with van der Waals surface area (Å²) in [6.07, 6.45) is 5.46. The standard InChI is InChI=1S/C28H31N5O2/c1-19(2)20-6-8-21(9-7-20)33(23-5-4-16-32(3)18-23)22-10-12-24(13-11-22)35-28-30-26-17-29-15-14-25(26)27(34)31-28/h6-15,17,19,23H,4-5,16,18H2,1-3H3,(H,30,31,34). The second-order valence-corrected chi connectivity index (χ2v) is 9.53. The minimum absolute atomic E-state index is 0.151. The first-order valence-corrected chi connectivity index (χ1v) is 12.2. The SMILES string of the molecule is CC(C)c1ccc(N(c2ccc(Oc3nc4cnccc4c(=O)[nH]3)cc2)C2CCCN(C)C2)cc1. The molecule has 0 aliphatic carbocycles. The third-order valence-corrected chi connectivity index (χ3v) is 6.62. The number of benzene rings is 2. The highest BCUT2D eigenvalue weighted by molar-refractivity contribution is 5.76. The summed E-state index contributed by atoms with van der Waals surface area (Å²) >= 11 is 0. The lowest BCUT2D eigenvalue weighted by atomic mass is 10.00. The molecule has 1 fully saturated rings. The van der Waals surface area contributed by atoms with Gasteiger partial charge < -0.3 is 14.5 Å². The molecule has 7 heteroatoms. The molecule has 1 aliphatic heterocycles. The van der Waals surface area contributed by atoms with Gasteiger partial charge in [0.1, 0.15) is 5.75 Å². The number of nitrogens with zero attached hydrogens (tertiary/aromatic N) is 4. The number of piperidine rings is 1. The molecule has 1 unspecified atom stereocenters. The van der Waals surface area contributed by atoms with Crippen LogP contribution in [-0.4, -0.2) is 46.0 Å². The van der Waals surface area contributed by atoms with Gasteiger partial charge in [0.15, 0.2) is 0 Å². The average Bonchev–Trinajstić information content (AvgIpc) is 2.86. The lowest BCUT2D eigenvalue weighted by molar-refractivity contribution is 0.251. The average molecular weight is 470 g/mol. The third kappa shape index (κ3) is 5.05. The maximum atomic E-state index is 12.3. The lowest BCUT2D eigenvalue weighted by Crippen LogP contribution is -2.44. The van der Waals surface area contributed by atoms with E-state index in [0.717, 1.165) is 25.2 Å². The van der Waals surface area contributed by atoms with E-state index in [-0.39, 0.29) is 11.6 Å². The van der Waals surface area contributed by atoms with Crippen LogP contribution in [-0.2, 0) is 0 Å². The Kier molecular flexibility index (Phi) is 6.51. The van der Waals surface area contributed by atoms with Crippen LogP contribution in [0.2, 0.25) is 0 Å². The van der Waals surface area contributed by atoms with Crippen LogP contribution in [0.5, 0.6) is 11.8 Å². The number of pyridine rings is 1. The highest BCUT2D eigenvalue weighted by Gasteiger charge is 2.25. The van der Waals surface area contributed by atoms with Crippen molar-refractivity contribution >= 4 is 22.3 Å². The van der Waals surface area contributed by atoms with Crippen LogP contribution < -0.4 is 15.2 Å². The van der Waals surface area contributed by atoms with Crippen molar-refractivity contribution < 1.29 is 4.74 Å². The molecule has 3 heterocycles. The summed E-state index contributed by atoms with van der Waals surface area (Å²) in [6, 6.07) is 19.1. The fraction of sp³-hybridized carbons (Fsp3) is 0.321. The van der Waals surface area contributed by atoms with E-state index in [2.05, 4.69) is 82.0 Å². The predicted octanol–water partition coefficient (Wildman–Crippen LogP) is 5.47. The predicted molar refractivity (Wildman–Crippen MR) is 140 cm³/mol. The number of hydrogen-bond donors (Lipinski definition) is 1. The van der Waals surface area contributed by atoms with E-state index in [0.29, 0.717) is 28.6 Å². The maximum absolute atomic E-state index is 12.3. The van der Waals surface area contributed by atoms with E-state index < -0.39 is 0 Å². The number of hydrogen-bond acceptors (Lipinski definition) is 6. The molecule has 0 spiro atoms. The highest BCUT2D eigenvalue weighted by Crippen LogP contribution is 2.34. The molecule has 1 atom stereocenters. The van der Waals surface area contributed by atoms with E-state index >= 15 is 0 Å². The van der Waals surface area contributed by atoms with Crippen LogP contribution in [0.15, 0.2) is 71.8 Å². The smallest absolute Gasteiger partial charge is 0.302 e. The Bertz CT molecular complexity index is 1350. The zero-order valence-corrected chi connectivity index (χ0v) is 20.4. The molecule has 1 N–H and O–H groups in total. The summed E-state index contributed by atoms with van der Waals surface area (Å²) in [5.74, 6) is 1.11. The molecule has 0 saturated carbocycles. The summed E-state index contributed by atoms with van der Waals surface area (Å²) in [5.41, 5.74) is 3.89. The van der Waals surface area contributed by atoms with Gasteiger partial charge in [-0.05, 0) is 80.4 Å². The number of likely N-dealkylation sites (N-methyl/N-ethyl adjacent to an activating group) is 1. The van der Waals surface area contributed by atoms with Gasteiger partial charge in [-0.15, -0.1) is 0 Å². The van der Waals surface area contributed by atoms with E-state index in [1.165, 1.54) is 17.7 Å². The summed E-state index contributed by atoms with van der Waals surface area (Å²) in [6.45, 7) is 6.59. The summed E-state index contributed by atoms with van der Waals surface area (Å²) in [5, 5.41) is 0.485. The van der Waals surface area contributed by atoms with Crippen LogP contribution in [0.3, 0.4) is 0 Å². The van der Waals surface area contributed by atoms with Gasteiger partial charge in [0.25, 0.3) is 5.56 Å². The van der Waals surface area contributed by atoms with Crippen LogP contribution in [0.4, 0.5) is 11.4 Å². The van der Waals surface area contributed by atoms with Crippen LogP contribution >= 0.6 is 0 Å². The monoisotopic (exact) mass is 469 g/mol. The Labute approximate surface area is 205 Å². The second-order valence-electron chi connectivity index (χ2n) is 9.53. The number of aromatic amines is 1. The van der Waals surface area contributed by atoms with Crippen molar-refractivity contribution in [1.29, 1.82) is 0 Å². The number of nitrogens with one attached hydrogen (secondary N) is 1. The quantitative estimate of drug-likeness (QED) is 0.404. The van der Waals surface area contributed by atoms with Gasteiger partial charge in [-0.3, -0.25) is 14.8 Å². The van der Waals surface area contributed by atoms with Gasteiger partial charge in [-0.25, -0.2) is 0 Å². The van der Waals surface area contributed by atoms with Gasteiger partial charge in [-0.1, -0.05) is 26.0 Å². The van der Waals surface area contributed by atoms with Gasteiger partial charge in [0, 0.05) is 30.2 Å². The maximum Gasteiger partial charge on any atom is 0.302 e. The Hall–Kier alpha value is -3.71. The first-order valence-electron chi connectivity index (χ1n) is 12.2. The van der Waals surface area contributed by atoms with E-state index in [1.807, 2.05) is 12.1 Å². The van der Waals surface area contributed by atoms with Crippen LogP contribution in [0.25, 0.3) is 10.9 Å². The fourth-order valence-corrected chi connectivity index (χ4v) is 4.74. The summed E-state index contributed by atoms with van der Waals surface area (Å²) in [4.78, 5) is 28.3. The number of fused-ring (bicyclic) bond motifs is 1. The van der Waals surface area contributed by atoms with Crippen LogP contribution in [0.1, 0.15) is 38.2 Å². The lowest BCUT2D eigenvalue weighted by Gasteiger charge is -2.39. The Morgan fingerprint density at radius 3 is 2.46 bits per heavy atom. The van der Waals surface area contributed by atoms with Crippen molar-refractivity contribution in [2.45, 2.75) is 38.6 Å². The minimum Gasteiger partial charge on any atom is -0.426 e. The molecule has 0 bridgehead atoms. The Morgan fingerprint density at radius 2 is 1.77 bits per heavy atom. The first-order chi connectivity index (χ1) is 17.0. The van der Waals surface area contributed by atoms with E-state index in [9.17, 15) is 4.79 Å². The zero-order valence-electron chi connectivity index (χ0n) is 20.4. The molecule has 0 radical (unpaired) electrons. The van der Waals surface area contributed by atoms with E-state index in [1.54, 1.807) is 18.5 Å². The number of anilines is 2. The molecule has 5 rings (SSSR count). The number of ether oxygens (including phenoxy) is 1. The highest BCUT2D eigenvalue weighted by atomic mass is 16.5. The molecule has 0 amide bonds. The molecule has 180 valence electrons. The Morgan fingerprint density at radius 1 is 1.06 bits per heavy atom. The first kappa shape index (κ1) is 23.1. The molecule has 2 aromatic carbocycles. The largest absolute Gasteiger partial charge is 0.426 e. The summed E-state index contributed by atoms with van der Waals surface area (Å²) < 4.78 is 5.89. The Balaban J connectivity index is 1.43. The zero-order chi connectivity index (χ0) is 24.4. The molecular weight excluding hydrogens is 438 g/mol. The number of H-pyrrole nitrogens is 1. The molecule has 1 saturated heterocycles. The minimum atomic E-state index is -0.249. The van der Waals surface area contributed by atoms with Gasteiger partial charge in [0.05, 0.1) is 17.1 Å². The van der Waals surface area contributed by atoms with Crippen molar-refractivity contribution in [3.8, 4) is 11.8 Å². The number of likely N-dealkylation sites (tertiary alicyclic amines) is 1. The second kappa shape index (κ2) is 9.88. The normalized spacial score (nSPS) is 16.5. The van der Waals surface area contributed by atoms with Crippen molar-refractivity contribution in [3.05, 3.63) is 82.9 Å². The van der Waals surface area contributed by atoms with Crippen molar-refractivity contribution in [2.24, 2.45) is 0 Å². The van der Waals surface area contributed by atoms with Gasteiger partial charge in [-0.2, -0.15) is 4.98 Å². The molecule has 7 nitrogen and oxygen atoms in total.